The maximum atomic E-state index is 12.6. The fourth-order valence-corrected chi connectivity index (χ4v) is 3.37. The van der Waals surface area contributed by atoms with Gasteiger partial charge in [-0.05, 0) is 24.3 Å². The molecule has 0 aliphatic carbocycles. The number of likely N-dealkylation sites (N-methyl/N-ethyl adjacent to an activating group) is 1. The number of nitrogens with one attached hydrogen (secondary N) is 1. The number of imidazole rings is 1. The lowest BCUT2D eigenvalue weighted by molar-refractivity contribution is -0.141. The third kappa shape index (κ3) is 3.69. The van der Waals surface area contributed by atoms with Crippen LogP contribution in [0.25, 0.3) is 0 Å². The highest BCUT2D eigenvalue weighted by molar-refractivity contribution is 7.89. The summed E-state index contributed by atoms with van der Waals surface area (Å²) < 4.78 is 31.0. The Morgan fingerprint density at radius 3 is 2.52 bits per heavy atom. The van der Waals surface area contributed by atoms with E-state index in [1.165, 1.54) is 50.9 Å². The van der Waals surface area contributed by atoms with E-state index in [4.69, 9.17) is 4.74 Å². The molecule has 9 heteroatoms. The Balaban J connectivity index is 2.29. The molecule has 23 heavy (non-hydrogen) atoms. The Kier molecular flexibility index (Phi) is 5.02. The van der Waals surface area contributed by atoms with Gasteiger partial charge in [-0.3, -0.25) is 4.79 Å². The first kappa shape index (κ1) is 17.0. The van der Waals surface area contributed by atoms with E-state index in [9.17, 15) is 18.3 Å². The molecule has 0 aliphatic rings. The second kappa shape index (κ2) is 6.80. The number of carboxylic acids is 1. The normalized spacial score (nSPS) is 13.0. The molecule has 0 saturated carbocycles. The Labute approximate surface area is 133 Å². The third-order valence-electron chi connectivity index (χ3n) is 3.43. The number of nitrogens with zero attached hydrogens (tertiary/aromatic N) is 2. The van der Waals surface area contributed by atoms with Crippen LogP contribution in [0.3, 0.4) is 0 Å². The largest absolute Gasteiger partial charge is 0.497 e. The predicted octanol–water partition coefficient (Wildman–Crippen LogP) is 0.735. The van der Waals surface area contributed by atoms with Crippen molar-refractivity contribution in [3.8, 4) is 5.75 Å². The average Bonchev–Trinajstić information content (AvgIpc) is 3.04. The van der Waals surface area contributed by atoms with Gasteiger partial charge in [-0.2, -0.15) is 4.31 Å². The van der Waals surface area contributed by atoms with Crippen LogP contribution >= 0.6 is 0 Å². The first-order valence-corrected chi connectivity index (χ1v) is 8.12. The molecule has 1 aromatic heterocycles. The van der Waals surface area contributed by atoms with Gasteiger partial charge in [0.25, 0.3) is 0 Å². The number of aliphatic carboxylic acids is 1. The maximum absolute atomic E-state index is 12.6. The molecule has 0 radical (unpaired) electrons. The van der Waals surface area contributed by atoms with E-state index in [0.717, 1.165) is 4.31 Å². The monoisotopic (exact) mass is 339 g/mol. The molecule has 0 saturated heterocycles. The van der Waals surface area contributed by atoms with Gasteiger partial charge in [-0.25, -0.2) is 13.4 Å². The van der Waals surface area contributed by atoms with Crippen molar-refractivity contribution in [3.05, 3.63) is 42.5 Å². The number of ether oxygens (including phenoxy) is 1. The average molecular weight is 339 g/mol. The van der Waals surface area contributed by atoms with E-state index >= 15 is 0 Å². The van der Waals surface area contributed by atoms with Crippen molar-refractivity contribution in [1.29, 1.82) is 0 Å². The zero-order chi connectivity index (χ0) is 17.0. The minimum Gasteiger partial charge on any atom is -0.497 e. The number of aromatic nitrogens is 2. The SMILES string of the molecule is COc1ccc(S(=O)(=O)N(C)C(Cc2cnc[nH]2)C(=O)O)cc1. The molecule has 0 aliphatic heterocycles. The number of sulfonamides is 1. The van der Waals surface area contributed by atoms with Crippen LogP contribution in [0, 0.1) is 0 Å². The molecule has 1 heterocycles. The summed E-state index contributed by atoms with van der Waals surface area (Å²) in [5.74, 6) is -0.724. The van der Waals surface area contributed by atoms with E-state index in [1.54, 1.807) is 0 Å². The maximum Gasteiger partial charge on any atom is 0.322 e. The van der Waals surface area contributed by atoms with Gasteiger partial charge in [-0.15, -0.1) is 0 Å². The lowest BCUT2D eigenvalue weighted by Crippen LogP contribution is -2.43. The summed E-state index contributed by atoms with van der Waals surface area (Å²) in [6, 6.07) is 4.51. The zero-order valence-electron chi connectivity index (χ0n) is 12.6. The van der Waals surface area contributed by atoms with Crippen molar-refractivity contribution in [2.75, 3.05) is 14.2 Å². The summed E-state index contributed by atoms with van der Waals surface area (Å²) in [4.78, 5) is 18.1. The lowest BCUT2D eigenvalue weighted by atomic mass is 10.2. The Hall–Kier alpha value is -2.39. The van der Waals surface area contributed by atoms with E-state index in [2.05, 4.69) is 9.97 Å². The zero-order valence-corrected chi connectivity index (χ0v) is 13.4. The van der Waals surface area contributed by atoms with Gasteiger partial charge in [0.05, 0.1) is 18.3 Å². The van der Waals surface area contributed by atoms with Crippen LogP contribution in [0.5, 0.6) is 5.75 Å². The molecule has 0 amide bonds. The van der Waals surface area contributed by atoms with Gasteiger partial charge in [-0.1, -0.05) is 0 Å². The van der Waals surface area contributed by atoms with Gasteiger partial charge < -0.3 is 14.8 Å². The minimum atomic E-state index is -3.95. The topological polar surface area (TPSA) is 113 Å². The molecule has 0 bridgehead atoms. The second-order valence-electron chi connectivity index (χ2n) is 4.83. The molecule has 2 rings (SSSR count). The Morgan fingerprint density at radius 2 is 2.04 bits per heavy atom. The number of hydrogen-bond donors (Lipinski definition) is 2. The van der Waals surface area contributed by atoms with Gasteiger partial charge >= 0.3 is 5.97 Å². The molecule has 1 unspecified atom stereocenters. The predicted molar refractivity (Wildman–Crippen MR) is 81.7 cm³/mol. The van der Waals surface area contributed by atoms with Crippen molar-refractivity contribution in [2.24, 2.45) is 0 Å². The number of rotatable bonds is 7. The minimum absolute atomic E-state index is 0.00309. The number of H-pyrrole nitrogens is 1. The van der Waals surface area contributed by atoms with E-state index in [0.29, 0.717) is 11.4 Å². The van der Waals surface area contributed by atoms with Crippen LogP contribution < -0.4 is 4.74 Å². The number of benzene rings is 1. The summed E-state index contributed by atoms with van der Waals surface area (Å²) in [7, 11) is -1.23. The molecular weight excluding hydrogens is 322 g/mol. The standard InChI is InChI=1S/C14H17N3O5S/c1-17(13(14(18)19)7-10-8-15-9-16-10)23(20,21)12-5-3-11(22-2)4-6-12/h3-6,8-9,13H,7H2,1-2H3,(H,15,16)(H,18,19). The lowest BCUT2D eigenvalue weighted by Gasteiger charge is -2.24. The molecule has 1 atom stereocenters. The fourth-order valence-electron chi connectivity index (χ4n) is 2.06. The Morgan fingerprint density at radius 1 is 1.39 bits per heavy atom. The molecule has 1 aromatic carbocycles. The highest BCUT2D eigenvalue weighted by atomic mass is 32.2. The summed E-state index contributed by atoms with van der Waals surface area (Å²) >= 11 is 0. The van der Waals surface area contributed by atoms with Crippen LogP contribution in [0.15, 0.2) is 41.7 Å². The molecule has 2 aromatic rings. The summed E-state index contributed by atoms with van der Waals surface area (Å²) in [5, 5.41) is 9.37. The van der Waals surface area contributed by atoms with Gasteiger partial charge in [0, 0.05) is 25.4 Å². The molecule has 124 valence electrons. The third-order valence-corrected chi connectivity index (χ3v) is 5.31. The first-order valence-electron chi connectivity index (χ1n) is 6.68. The fraction of sp³-hybridized carbons (Fsp3) is 0.286. The van der Waals surface area contributed by atoms with E-state index in [1.807, 2.05) is 0 Å². The van der Waals surface area contributed by atoms with Gasteiger partial charge in [0.2, 0.25) is 10.0 Å². The van der Waals surface area contributed by atoms with Crippen molar-refractivity contribution < 1.29 is 23.1 Å². The molecule has 2 N–H and O–H groups in total. The summed E-state index contributed by atoms with van der Waals surface area (Å²) in [6.45, 7) is 0. The number of carbonyl (C=O) groups is 1. The smallest absolute Gasteiger partial charge is 0.322 e. The Bertz CT molecular complexity index is 756. The number of methoxy groups -OCH3 is 1. The summed E-state index contributed by atoms with van der Waals surface area (Å²) in [5.41, 5.74) is 0.536. The molecule has 0 fully saturated rings. The van der Waals surface area contributed by atoms with Gasteiger partial charge in [0.15, 0.2) is 0 Å². The number of hydrogen-bond acceptors (Lipinski definition) is 5. The van der Waals surface area contributed by atoms with Crippen molar-refractivity contribution in [3.63, 3.8) is 0 Å². The quantitative estimate of drug-likeness (QED) is 0.769. The molecule has 0 spiro atoms. The first-order chi connectivity index (χ1) is 10.9. The van der Waals surface area contributed by atoms with E-state index in [-0.39, 0.29) is 11.3 Å². The second-order valence-corrected chi connectivity index (χ2v) is 6.83. The highest BCUT2D eigenvalue weighted by Gasteiger charge is 2.33. The van der Waals surface area contributed by atoms with Crippen LogP contribution in [0.4, 0.5) is 0 Å². The van der Waals surface area contributed by atoms with E-state index < -0.39 is 22.0 Å². The van der Waals surface area contributed by atoms with Crippen molar-refractivity contribution >= 4 is 16.0 Å². The molecular formula is C14H17N3O5S. The number of aromatic amines is 1. The highest BCUT2D eigenvalue weighted by Crippen LogP contribution is 2.21. The summed E-state index contributed by atoms with van der Waals surface area (Å²) in [6.07, 6.45) is 2.86. The van der Waals surface area contributed by atoms with Crippen molar-refractivity contribution in [2.45, 2.75) is 17.4 Å². The van der Waals surface area contributed by atoms with Gasteiger partial charge in [0.1, 0.15) is 11.8 Å². The van der Waals surface area contributed by atoms with Crippen LogP contribution in [-0.4, -0.2) is 54.0 Å². The van der Waals surface area contributed by atoms with Crippen molar-refractivity contribution in [1.82, 2.24) is 14.3 Å². The molecule has 8 nitrogen and oxygen atoms in total. The van der Waals surface area contributed by atoms with Crippen LogP contribution in [-0.2, 0) is 21.2 Å². The van der Waals surface area contributed by atoms with Crippen LogP contribution in [0.1, 0.15) is 5.69 Å². The van der Waals surface area contributed by atoms with Crippen LogP contribution in [0.2, 0.25) is 0 Å². The number of carboxylic acid groups (broad SMARTS) is 1.